The van der Waals surface area contributed by atoms with Gasteiger partial charge < -0.3 is 18.9 Å². The fraction of sp³-hybridized carbons (Fsp3) is 0.333. The second kappa shape index (κ2) is 12.9. The molecule has 0 fully saturated rings. The molecule has 0 saturated carbocycles. The van der Waals surface area contributed by atoms with Crippen molar-refractivity contribution < 1.29 is 28.5 Å². The molecule has 0 spiro atoms. The lowest BCUT2D eigenvalue weighted by Crippen LogP contribution is -2.43. The van der Waals surface area contributed by atoms with Gasteiger partial charge in [-0.05, 0) is 48.7 Å². The molecule has 0 aliphatic heterocycles. The Kier molecular flexibility index (Phi) is 9.90. The zero-order valence-corrected chi connectivity index (χ0v) is 18.8. The van der Waals surface area contributed by atoms with Crippen molar-refractivity contribution in [3.8, 4) is 23.0 Å². The SMILES string of the molecule is CCOc1ccccc1OCC(=O)NNC(=O)/C=C/c1ccc(OCC(C)C)c(OC)c1. The highest BCUT2D eigenvalue weighted by atomic mass is 16.5. The lowest BCUT2D eigenvalue weighted by molar-refractivity contribution is -0.128. The second-order valence-electron chi connectivity index (χ2n) is 7.15. The van der Waals surface area contributed by atoms with E-state index in [1.165, 1.54) is 6.08 Å². The van der Waals surface area contributed by atoms with Crippen LogP contribution in [0.4, 0.5) is 0 Å². The summed E-state index contributed by atoms with van der Waals surface area (Å²) in [6, 6.07) is 12.4. The smallest absolute Gasteiger partial charge is 0.276 e. The Morgan fingerprint density at radius 3 is 2.28 bits per heavy atom. The first kappa shape index (κ1) is 24.6. The highest BCUT2D eigenvalue weighted by Gasteiger charge is 2.09. The van der Waals surface area contributed by atoms with E-state index in [0.717, 1.165) is 5.56 Å². The van der Waals surface area contributed by atoms with Crippen LogP contribution in [0.1, 0.15) is 26.3 Å². The van der Waals surface area contributed by atoms with Gasteiger partial charge in [-0.2, -0.15) is 0 Å². The highest BCUT2D eigenvalue weighted by molar-refractivity contribution is 5.93. The average Bonchev–Trinajstić information content (AvgIpc) is 2.79. The maximum absolute atomic E-state index is 12.0. The molecule has 0 aromatic heterocycles. The van der Waals surface area contributed by atoms with Crippen molar-refractivity contribution in [1.29, 1.82) is 0 Å². The molecule has 2 aromatic rings. The third kappa shape index (κ3) is 8.22. The minimum atomic E-state index is -0.508. The minimum Gasteiger partial charge on any atom is -0.493 e. The number of methoxy groups -OCH3 is 1. The molecule has 0 unspecified atom stereocenters. The predicted molar refractivity (Wildman–Crippen MR) is 122 cm³/mol. The number of para-hydroxylation sites is 2. The number of carbonyl (C=O) groups is 2. The summed E-state index contributed by atoms with van der Waals surface area (Å²) in [5, 5.41) is 0. The summed E-state index contributed by atoms with van der Waals surface area (Å²) in [5.41, 5.74) is 5.35. The van der Waals surface area contributed by atoms with Crippen LogP contribution in [0.15, 0.2) is 48.5 Å². The van der Waals surface area contributed by atoms with Crippen molar-refractivity contribution in [3.05, 3.63) is 54.1 Å². The monoisotopic (exact) mass is 442 g/mol. The number of amides is 2. The fourth-order valence-corrected chi connectivity index (χ4v) is 2.53. The van der Waals surface area contributed by atoms with Gasteiger partial charge in [-0.3, -0.25) is 20.4 Å². The van der Waals surface area contributed by atoms with Crippen LogP contribution < -0.4 is 29.8 Å². The number of ether oxygens (including phenoxy) is 4. The Morgan fingerprint density at radius 2 is 1.62 bits per heavy atom. The zero-order valence-electron chi connectivity index (χ0n) is 18.8. The van der Waals surface area contributed by atoms with Gasteiger partial charge in [-0.1, -0.05) is 32.0 Å². The molecule has 8 nitrogen and oxygen atoms in total. The van der Waals surface area contributed by atoms with E-state index in [2.05, 4.69) is 24.7 Å². The largest absolute Gasteiger partial charge is 0.493 e. The highest BCUT2D eigenvalue weighted by Crippen LogP contribution is 2.29. The average molecular weight is 443 g/mol. The van der Waals surface area contributed by atoms with E-state index >= 15 is 0 Å². The van der Waals surface area contributed by atoms with Crippen molar-refractivity contribution in [2.24, 2.45) is 5.92 Å². The Hall–Kier alpha value is -3.68. The maximum atomic E-state index is 12.0. The van der Waals surface area contributed by atoms with Crippen molar-refractivity contribution in [2.75, 3.05) is 26.9 Å². The molecule has 0 aliphatic carbocycles. The number of benzene rings is 2. The molecule has 2 amide bonds. The van der Waals surface area contributed by atoms with Gasteiger partial charge in [0.25, 0.3) is 11.8 Å². The number of rotatable bonds is 11. The van der Waals surface area contributed by atoms with Crippen LogP contribution in [0.3, 0.4) is 0 Å². The molecule has 2 rings (SSSR count). The van der Waals surface area contributed by atoms with Gasteiger partial charge in [0.2, 0.25) is 0 Å². The molecule has 0 bridgehead atoms. The van der Waals surface area contributed by atoms with E-state index in [-0.39, 0.29) is 6.61 Å². The van der Waals surface area contributed by atoms with E-state index in [9.17, 15) is 9.59 Å². The molecular weight excluding hydrogens is 412 g/mol. The van der Waals surface area contributed by atoms with Crippen LogP contribution in [0.25, 0.3) is 6.08 Å². The van der Waals surface area contributed by atoms with Crippen LogP contribution >= 0.6 is 0 Å². The van der Waals surface area contributed by atoms with Crippen LogP contribution in [0.5, 0.6) is 23.0 Å². The Balaban J connectivity index is 1.82. The third-order valence-electron chi connectivity index (χ3n) is 4.02. The maximum Gasteiger partial charge on any atom is 0.276 e. The Bertz CT molecular complexity index is 926. The number of hydrogen-bond acceptors (Lipinski definition) is 6. The van der Waals surface area contributed by atoms with E-state index in [0.29, 0.717) is 42.1 Å². The first-order valence-electron chi connectivity index (χ1n) is 10.3. The van der Waals surface area contributed by atoms with Gasteiger partial charge in [0.05, 0.1) is 20.3 Å². The second-order valence-corrected chi connectivity index (χ2v) is 7.15. The van der Waals surface area contributed by atoms with E-state index in [4.69, 9.17) is 18.9 Å². The molecule has 2 aromatic carbocycles. The lowest BCUT2D eigenvalue weighted by atomic mass is 10.2. The molecule has 0 heterocycles. The van der Waals surface area contributed by atoms with Crippen LogP contribution in [-0.4, -0.2) is 38.7 Å². The van der Waals surface area contributed by atoms with Crippen LogP contribution in [-0.2, 0) is 9.59 Å². The molecular formula is C24H30N2O6. The van der Waals surface area contributed by atoms with Gasteiger partial charge in [0, 0.05) is 6.08 Å². The Morgan fingerprint density at radius 1 is 0.938 bits per heavy atom. The van der Waals surface area contributed by atoms with Crippen molar-refractivity contribution in [3.63, 3.8) is 0 Å². The van der Waals surface area contributed by atoms with Gasteiger partial charge in [0.1, 0.15) is 0 Å². The minimum absolute atomic E-state index is 0.275. The van der Waals surface area contributed by atoms with Gasteiger partial charge in [-0.25, -0.2) is 0 Å². The summed E-state index contributed by atoms with van der Waals surface area (Å²) in [7, 11) is 1.56. The first-order valence-corrected chi connectivity index (χ1v) is 10.3. The standard InChI is InChI=1S/C24H30N2O6/c1-5-30-19-8-6-7-9-20(19)32-16-24(28)26-25-23(27)13-11-18-10-12-21(22(14-18)29-4)31-15-17(2)3/h6-14,17H,5,15-16H2,1-4H3,(H,25,27)(H,26,28)/b13-11+. The summed E-state index contributed by atoms with van der Waals surface area (Å²) >= 11 is 0. The molecule has 172 valence electrons. The quantitative estimate of drug-likeness (QED) is 0.409. The lowest BCUT2D eigenvalue weighted by Gasteiger charge is -2.13. The summed E-state index contributed by atoms with van der Waals surface area (Å²) < 4.78 is 22.0. The number of hydrogen-bond donors (Lipinski definition) is 2. The van der Waals surface area contributed by atoms with E-state index in [1.807, 2.05) is 19.1 Å². The van der Waals surface area contributed by atoms with Crippen molar-refractivity contribution in [1.82, 2.24) is 10.9 Å². The Labute approximate surface area is 188 Å². The molecule has 0 aliphatic rings. The summed E-state index contributed by atoms with van der Waals surface area (Å²) in [6.07, 6.45) is 2.90. The topological polar surface area (TPSA) is 95.1 Å². The number of hydrazine groups is 1. The van der Waals surface area contributed by atoms with Gasteiger partial charge in [0.15, 0.2) is 29.6 Å². The molecule has 32 heavy (non-hydrogen) atoms. The predicted octanol–water partition coefficient (Wildman–Crippen LogP) is 3.37. The first-order chi connectivity index (χ1) is 15.4. The fourth-order valence-electron chi connectivity index (χ4n) is 2.53. The van der Waals surface area contributed by atoms with Crippen molar-refractivity contribution in [2.45, 2.75) is 20.8 Å². The molecule has 8 heteroatoms. The molecule has 0 atom stereocenters. The molecule has 0 saturated heterocycles. The normalized spacial score (nSPS) is 10.7. The number of nitrogens with one attached hydrogen (secondary N) is 2. The third-order valence-corrected chi connectivity index (χ3v) is 4.02. The molecule has 2 N–H and O–H groups in total. The van der Waals surface area contributed by atoms with Gasteiger partial charge in [-0.15, -0.1) is 0 Å². The number of carbonyl (C=O) groups excluding carboxylic acids is 2. The zero-order chi connectivity index (χ0) is 23.3. The summed E-state index contributed by atoms with van der Waals surface area (Å²) in [4.78, 5) is 24.0. The van der Waals surface area contributed by atoms with Gasteiger partial charge >= 0.3 is 0 Å². The van der Waals surface area contributed by atoms with E-state index < -0.39 is 11.8 Å². The van der Waals surface area contributed by atoms with Crippen molar-refractivity contribution >= 4 is 17.9 Å². The summed E-state index contributed by atoms with van der Waals surface area (Å²) in [5.74, 6) is 1.60. The van der Waals surface area contributed by atoms with Crippen LogP contribution in [0, 0.1) is 5.92 Å². The van der Waals surface area contributed by atoms with Crippen LogP contribution in [0.2, 0.25) is 0 Å². The summed E-state index contributed by atoms with van der Waals surface area (Å²) in [6.45, 7) is 6.77. The molecule has 0 radical (unpaired) electrons. The van der Waals surface area contributed by atoms with E-state index in [1.54, 1.807) is 43.5 Å².